The second-order valence-electron chi connectivity index (χ2n) is 4.30. The summed E-state index contributed by atoms with van der Waals surface area (Å²) in [7, 11) is 0. The Morgan fingerprint density at radius 3 is 2.71 bits per heavy atom. The first-order valence-corrected chi connectivity index (χ1v) is 5.51. The van der Waals surface area contributed by atoms with Crippen LogP contribution in [0.5, 0.6) is 5.75 Å². The molecule has 0 unspecified atom stereocenters. The van der Waals surface area contributed by atoms with E-state index in [0.29, 0.717) is 18.6 Å². The van der Waals surface area contributed by atoms with Gasteiger partial charge in [-0.25, -0.2) is 4.79 Å². The number of aliphatic carboxylic acids is 1. The standard InChI is InChI=1S/C13H14O4/c1-7-5-8(2)13(17-6-11(15)16)9-3-4-10(14)12(7)9/h5H,3-4,6H2,1-2H3,(H,15,16). The van der Waals surface area contributed by atoms with Crippen LogP contribution in [0.1, 0.15) is 33.5 Å². The number of benzene rings is 1. The molecule has 0 atom stereocenters. The normalized spacial score (nSPS) is 13.6. The van der Waals surface area contributed by atoms with Crippen LogP contribution < -0.4 is 4.74 Å². The third kappa shape index (κ3) is 2.02. The first kappa shape index (κ1) is 11.6. The number of hydrogen-bond donors (Lipinski definition) is 1. The number of carboxylic acid groups (broad SMARTS) is 1. The van der Waals surface area contributed by atoms with Crippen LogP contribution in [0, 0.1) is 13.8 Å². The number of ketones is 1. The van der Waals surface area contributed by atoms with Gasteiger partial charge in [0.1, 0.15) is 5.75 Å². The monoisotopic (exact) mass is 234 g/mol. The Hall–Kier alpha value is -1.84. The smallest absolute Gasteiger partial charge is 0.341 e. The maximum absolute atomic E-state index is 11.7. The van der Waals surface area contributed by atoms with Gasteiger partial charge in [0, 0.05) is 17.5 Å². The largest absolute Gasteiger partial charge is 0.481 e. The van der Waals surface area contributed by atoms with Crippen LogP contribution in [-0.4, -0.2) is 23.5 Å². The van der Waals surface area contributed by atoms with E-state index in [1.165, 1.54) is 0 Å². The predicted octanol–water partition coefficient (Wildman–Crippen LogP) is 1.90. The average Bonchev–Trinajstić information content (AvgIpc) is 2.60. The molecule has 2 rings (SSSR count). The number of rotatable bonds is 3. The summed E-state index contributed by atoms with van der Waals surface area (Å²) in [6.45, 7) is 3.40. The molecule has 0 amide bonds. The van der Waals surface area contributed by atoms with Crippen LogP contribution in [0.25, 0.3) is 0 Å². The predicted molar refractivity (Wildman–Crippen MR) is 61.7 cm³/mol. The molecule has 0 saturated heterocycles. The molecule has 1 aromatic rings. The number of ether oxygens (including phenoxy) is 1. The minimum Gasteiger partial charge on any atom is -0.481 e. The zero-order valence-corrected chi connectivity index (χ0v) is 9.87. The Labute approximate surface area is 99.2 Å². The highest BCUT2D eigenvalue weighted by atomic mass is 16.5. The third-order valence-electron chi connectivity index (χ3n) is 2.98. The van der Waals surface area contributed by atoms with Crippen LogP contribution in [0.15, 0.2) is 6.07 Å². The van der Waals surface area contributed by atoms with Gasteiger partial charge in [-0.2, -0.15) is 0 Å². The minimum absolute atomic E-state index is 0.123. The van der Waals surface area contributed by atoms with E-state index in [1.807, 2.05) is 19.9 Å². The molecule has 1 aliphatic carbocycles. The van der Waals surface area contributed by atoms with Crippen molar-refractivity contribution in [2.75, 3.05) is 6.61 Å². The van der Waals surface area contributed by atoms with E-state index in [0.717, 1.165) is 22.3 Å². The second kappa shape index (κ2) is 4.20. The summed E-state index contributed by atoms with van der Waals surface area (Å²) in [4.78, 5) is 22.2. The van der Waals surface area contributed by atoms with Crippen molar-refractivity contribution in [3.8, 4) is 5.75 Å². The molecule has 0 fully saturated rings. The number of carbonyl (C=O) groups excluding carboxylic acids is 1. The lowest BCUT2D eigenvalue weighted by atomic mass is 9.99. The fourth-order valence-electron chi connectivity index (χ4n) is 2.38. The maximum Gasteiger partial charge on any atom is 0.341 e. The van der Waals surface area contributed by atoms with Crippen molar-refractivity contribution in [1.29, 1.82) is 0 Å². The van der Waals surface area contributed by atoms with Crippen molar-refractivity contribution in [2.45, 2.75) is 26.7 Å². The summed E-state index contributed by atoms with van der Waals surface area (Å²) < 4.78 is 5.29. The SMILES string of the molecule is Cc1cc(C)c2c(c1OCC(=O)O)CCC2=O. The summed E-state index contributed by atoms with van der Waals surface area (Å²) >= 11 is 0. The molecule has 0 aromatic heterocycles. The van der Waals surface area contributed by atoms with E-state index in [-0.39, 0.29) is 12.4 Å². The van der Waals surface area contributed by atoms with E-state index >= 15 is 0 Å². The molecule has 0 bridgehead atoms. The van der Waals surface area contributed by atoms with Crippen LogP contribution in [0.3, 0.4) is 0 Å². The van der Waals surface area contributed by atoms with Crippen LogP contribution in [-0.2, 0) is 11.2 Å². The highest BCUT2D eigenvalue weighted by molar-refractivity contribution is 6.02. The minimum atomic E-state index is -1.01. The van der Waals surface area contributed by atoms with Crippen molar-refractivity contribution in [2.24, 2.45) is 0 Å². The van der Waals surface area contributed by atoms with Crippen molar-refractivity contribution in [1.82, 2.24) is 0 Å². The van der Waals surface area contributed by atoms with E-state index in [2.05, 4.69) is 0 Å². The zero-order chi connectivity index (χ0) is 12.6. The van der Waals surface area contributed by atoms with Crippen molar-refractivity contribution >= 4 is 11.8 Å². The van der Waals surface area contributed by atoms with Crippen LogP contribution in [0.2, 0.25) is 0 Å². The molecule has 0 heterocycles. The van der Waals surface area contributed by atoms with Gasteiger partial charge in [-0.05, 0) is 31.4 Å². The van der Waals surface area contributed by atoms with Gasteiger partial charge in [-0.1, -0.05) is 6.07 Å². The Bertz CT molecular complexity index is 503. The topological polar surface area (TPSA) is 63.6 Å². The molecular weight excluding hydrogens is 220 g/mol. The summed E-state index contributed by atoms with van der Waals surface area (Å²) in [5.74, 6) is -0.320. The van der Waals surface area contributed by atoms with E-state index in [9.17, 15) is 9.59 Å². The van der Waals surface area contributed by atoms with Crippen molar-refractivity contribution in [3.05, 3.63) is 28.3 Å². The van der Waals surface area contributed by atoms with E-state index < -0.39 is 5.97 Å². The Balaban J connectivity index is 2.45. The summed E-state index contributed by atoms with van der Waals surface area (Å²) in [5, 5.41) is 8.63. The number of Topliss-reactive ketones (excluding diaryl/α,β-unsaturated/α-hetero) is 1. The van der Waals surface area contributed by atoms with E-state index in [4.69, 9.17) is 9.84 Å². The molecule has 1 N–H and O–H groups in total. The lowest BCUT2D eigenvalue weighted by molar-refractivity contribution is -0.139. The van der Waals surface area contributed by atoms with Gasteiger partial charge in [-0.3, -0.25) is 4.79 Å². The lowest BCUT2D eigenvalue weighted by Crippen LogP contribution is -2.12. The summed E-state index contributed by atoms with van der Waals surface area (Å²) in [6.07, 6.45) is 1.13. The maximum atomic E-state index is 11.7. The van der Waals surface area contributed by atoms with Crippen LogP contribution >= 0.6 is 0 Å². The molecule has 1 aromatic carbocycles. The fourth-order valence-corrected chi connectivity index (χ4v) is 2.38. The van der Waals surface area contributed by atoms with E-state index in [1.54, 1.807) is 0 Å². The molecule has 1 aliphatic rings. The molecule has 0 spiro atoms. The molecular formula is C13H14O4. The number of carbonyl (C=O) groups is 2. The van der Waals surface area contributed by atoms with Crippen LogP contribution in [0.4, 0.5) is 0 Å². The Morgan fingerprint density at radius 1 is 1.35 bits per heavy atom. The molecule has 4 nitrogen and oxygen atoms in total. The molecule has 4 heteroatoms. The Morgan fingerprint density at radius 2 is 2.06 bits per heavy atom. The van der Waals surface area contributed by atoms with Gasteiger partial charge >= 0.3 is 5.97 Å². The Kier molecular flexibility index (Phi) is 2.88. The fraction of sp³-hybridized carbons (Fsp3) is 0.385. The third-order valence-corrected chi connectivity index (χ3v) is 2.98. The summed E-state index contributed by atoms with van der Waals surface area (Å²) in [5.41, 5.74) is 3.42. The first-order valence-electron chi connectivity index (χ1n) is 5.51. The number of aryl methyl sites for hydroxylation is 2. The molecule has 90 valence electrons. The highest BCUT2D eigenvalue weighted by Gasteiger charge is 2.26. The lowest BCUT2D eigenvalue weighted by Gasteiger charge is -2.13. The number of fused-ring (bicyclic) bond motifs is 1. The van der Waals surface area contributed by atoms with Crippen molar-refractivity contribution in [3.63, 3.8) is 0 Å². The molecule has 17 heavy (non-hydrogen) atoms. The number of carboxylic acids is 1. The van der Waals surface area contributed by atoms with Gasteiger partial charge < -0.3 is 9.84 Å². The van der Waals surface area contributed by atoms with Gasteiger partial charge in [0.2, 0.25) is 0 Å². The molecule has 0 radical (unpaired) electrons. The number of hydrogen-bond acceptors (Lipinski definition) is 3. The van der Waals surface area contributed by atoms with Gasteiger partial charge in [0.05, 0.1) is 0 Å². The highest BCUT2D eigenvalue weighted by Crippen LogP contribution is 2.35. The molecule has 0 saturated carbocycles. The van der Waals surface area contributed by atoms with Gasteiger partial charge in [-0.15, -0.1) is 0 Å². The first-order chi connectivity index (χ1) is 8.00. The van der Waals surface area contributed by atoms with Crippen molar-refractivity contribution < 1.29 is 19.4 Å². The quantitative estimate of drug-likeness (QED) is 0.867. The second-order valence-corrected chi connectivity index (χ2v) is 4.30. The van der Waals surface area contributed by atoms with Gasteiger partial charge in [0.15, 0.2) is 12.4 Å². The molecule has 0 aliphatic heterocycles. The zero-order valence-electron chi connectivity index (χ0n) is 9.87. The van der Waals surface area contributed by atoms with Gasteiger partial charge in [0.25, 0.3) is 0 Å². The average molecular weight is 234 g/mol. The summed E-state index contributed by atoms with van der Waals surface area (Å²) in [6, 6.07) is 1.87.